The van der Waals surface area contributed by atoms with Crippen LogP contribution in [-0.2, 0) is 6.18 Å². The number of anilines is 1. The van der Waals surface area contributed by atoms with Gasteiger partial charge in [-0.15, -0.1) is 0 Å². The van der Waals surface area contributed by atoms with Gasteiger partial charge in [0, 0.05) is 29.0 Å². The number of carbonyl (C=O) groups excluding carboxylic acids is 2. The highest BCUT2D eigenvalue weighted by atomic mass is 19.4. The molecule has 2 heterocycles. The predicted molar refractivity (Wildman–Crippen MR) is 167 cm³/mol. The van der Waals surface area contributed by atoms with Crippen LogP contribution in [0.15, 0.2) is 128 Å². The molecule has 46 heavy (non-hydrogen) atoms. The lowest BCUT2D eigenvalue weighted by Crippen LogP contribution is -2.30. The third-order valence-corrected chi connectivity index (χ3v) is 7.36. The first kappa shape index (κ1) is 30.1. The van der Waals surface area contributed by atoms with Crippen molar-refractivity contribution in [2.75, 3.05) is 5.32 Å². The maximum Gasteiger partial charge on any atom is 0.416 e. The van der Waals surface area contributed by atoms with Crippen LogP contribution in [0.25, 0.3) is 22.0 Å². The summed E-state index contributed by atoms with van der Waals surface area (Å²) in [5.74, 6) is -1.26. The van der Waals surface area contributed by atoms with Crippen molar-refractivity contribution in [2.24, 2.45) is 0 Å². The van der Waals surface area contributed by atoms with Crippen molar-refractivity contribution in [2.45, 2.75) is 12.2 Å². The number of rotatable bonds is 7. The zero-order valence-corrected chi connectivity index (χ0v) is 23.9. The van der Waals surface area contributed by atoms with E-state index in [1.54, 1.807) is 85.1 Å². The summed E-state index contributed by atoms with van der Waals surface area (Å²) in [5.41, 5.74) is 2.94. The molecule has 0 spiro atoms. The first-order valence-corrected chi connectivity index (χ1v) is 14.1. The van der Waals surface area contributed by atoms with E-state index in [1.807, 2.05) is 0 Å². The summed E-state index contributed by atoms with van der Waals surface area (Å²) >= 11 is 0. The van der Waals surface area contributed by atoms with Crippen LogP contribution in [0.1, 0.15) is 43.6 Å². The SMILES string of the molecule is O=C(NC(c1ccc(F)cc1)c1ccccn1)c1cnc2cc(NC(=O)c3ccccc3-c3ccc(C(F)(F)F)cc3)ccc2c1. The molecule has 1 unspecified atom stereocenters. The van der Waals surface area contributed by atoms with Gasteiger partial charge in [0.05, 0.1) is 28.4 Å². The number of amides is 2. The van der Waals surface area contributed by atoms with Crippen molar-refractivity contribution >= 4 is 28.4 Å². The summed E-state index contributed by atoms with van der Waals surface area (Å²) in [7, 11) is 0. The van der Waals surface area contributed by atoms with Crippen molar-refractivity contribution in [1.82, 2.24) is 15.3 Å². The molecule has 0 aliphatic carbocycles. The Morgan fingerprint density at radius 1 is 0.739 bits per heavy atom. The van der Waals surface area contributed by atoms with Crippen LogP contribution in [0.4, 0.5) is 23.2 Å². The lowest BCUT2D eigenvalue weighted by Gasteiger charge is -2.19. The summed E-state index contributed by atoms with van der Waals surface area (Å²) in [5, 5.41) is 6.43. The lowest BCUT2D eigenvalue weighted by atomic mass is 9.98. The fourth-order valence-electron chi connectivity index (χ4n) is 5.04. The number of nitrogens with zero attached hydrogens (tertiary/aromatic N) is 2. The number of carbonyl (C=O) groups is 2. The molecule has 10 heteroatoms. The van der Waals surface area contributed by atoms with E-state index in [2.05, 4.69) is 20.6 Å². The third kappa shape index (κ3) is 6.61. The van der Waals surface area contributed by atoms with Crippen molar-refractivity contribution in [3.05, 3.63) is 161 Å². The number of hydrogen-bond acceptors (Lipinski definition) is 4. The minimum atomic E-state index is -4.46. The Bertz CT molecular complexity index is 2030. The van der Waals surface area contributed by atoms with Crippen molar-refractivity contribution in [1.29, 1.82) is 0 Å². The van der Waals surface area contributed by atoms with Gasteiger partial charge in [0.2, 0.25) is 0 Å². The highest BCUT2D eigenvalue weighted by Crippen LogP contribution is 2.32. The molecule has 0 bridgehead atoms. The maximum absolute atomic E-state index is 13.6. The summed E-state index contributed by atoms with van der Waals surface area (Å²) in [6.07, 6.45) is -1.43. The number of halogens is 4. The van der Waals surface area contributed by atoms with Gasteiger partial charge in [-0.3, -0.25) is 19.6 Å². The van der Waals surface area contributed by atoms with Gasteiger partial charge in [0.25, 0.3) is 11.8 Å². The van der Waals surface area contributed by atoms with Gasteiger partial charge in [-0.2, -0.15) is 13.2 Å². The molecule has 0 saturated carbocycles. The van der Waals surface area contributed by atoms with Crippen LogP contribution < -0.4 is 10.6 Å². The van der Waals surface area contributed by atoms with Gasteiger partial charge < -0.3 is 10.6 Å². The molecule has 0 fully saturated rings. The number of fused-ring (bicyclic) bond motifs is 1. The van der Waals surface area contributed by atoms with Crippen molar-refractivity contribution < 1.29 is 27.2 Å². The highest BCUT2D eigenvalue weighted by Gasteiger charge is 2.30. The van der Waals surface area contributed by atoms with E-state index >= 15 is 0 Å². The summed E-state index contributed by atoms with van der Waals surface area (Å²) in [6.45, 7) is 0. The van der Waals surface area contributed by atoms with Crippen molar-refractivity contribution in [3.8, 4) is 11.1 Å². The molecule has 4 aromatic carbocycles. The van der Waals surface area contributed by atoms with Crippen LogP contribution in [0.3, 0.4) is 0 Å². The van der Waals surface area contributed by atoms with Gasteiger partial charge >= 0.3 is 6.18 Å². The lowest BCUT2D eigenvalue weighted by molar-refractivity contribution is -0.137. The van der Waals surface area contributed by atoms with Gasteiger partial charge in [-0.1, -0.05) is 54.6 Å². The average molecular weight is 621 g/mol. The Morgan fingerprint density at radius 2 is 1.48 bits per heavy atom. The largest absolute Gasteiger partial charge is 0.416 e. The molecule has 6 aromatic rings. The van der Waals surface area contributed by atoms with Crippen LogP contribution in [-0.4, -0.2) is 21.8 Å². The number of pyridine rings is 2. The van der Waals surface area contributed by atoms with Gasteiger partial charge in [0.15, 0.2) is 0 Å². The Kier molecular flexibility index (Phi) is 8.26. The average Bonchev–Trinajstić information content (AvgIpc) is 3.07. The molecule has 6 nitrogen and oxygen atoms in total. The zero-order chi connectivity index (χ0) is 32.3. The fourth-order valence-corrected chi connectivity index (χ4v) is 5.04. The van der Waals surface area contributed by atoms with Gasteiger partial charge in [0.1, 0.15) is 5.82 Å². The van der Waals surface area contributed by atoms with E-state index in [1.165, 1.54) is 30.5 Å². The predicted octanol–water partition coefficient (Wildman–Crippen LogP) is 8.23. The topological polar surface area (TPSA) is 84.0 Å². The summed E-state index contributed by atoms with van der Waals surface area (Å²) in [4.78, 5) is 35.4. The summed E-state index contributed by atoms with van der Waals surface area (Å²) in [6, 6.07) is 28.5. The molecule has 228 valence electrons. The Labute approximate surface area is 260 Å². The first-order chi connectivity index (χ1) is 22.2. The molecule has 2 amide bonds. The van der Waals surface area contributed by atoms with Crippen LogP contribution in [0.5, 0.6) is 0 Å². The molecule has 0 radical (unpaired) electrons. The van der Waals surface area contributed by atoms with Crippen LogP contribution >= 0.6 is 0 Å². The standard InChI is InChI=1S/C36H24F4N4O2/c37-27-15-10-23(11-16-27)33(31-7-3-4-18-41-31)44-34(45)25-19-24-12-17-28(20-32(24)42-21-25)43-35(46)30-6-2-1-5-29(30)22-8-13-26(14-9-22)36(38,39)40/h1-21,33H,(H,43,46)(H,44,45). The smallest absolute Gasteiger partial charge is 0.339 e. The second-order valence-electron chi connectivity index (χ2n) is 10.4. The number of aromatic nitrogens is 2. The van der Waals surface area contributed by atoms with E-state index in [4.69, 9.17) is 0 Å². The number of benzene rings is 4. The number of nitrogens with one attached hydrogen (secondary N) is 2. The normalized spacial score (nSPS) is 12.0. The monoisotopic (exact) mass is 620 g/mol. The Balaban J connectivity index is 1.20. The van der Waals surface area contributed by atoms with E-state index in [0.29, 0.717) is 39.0 Å². The van der Waals surface area contributed by atoms with E-state index in [0.717, 1.165) is 12.1 Å². The Hall–Kier alpha value is -5.90. The molecular weight excluding hydrogens is 596 g/mol. The maximum atomic E-state index is 13.6. The zero-order valence-electron chi connectivity index (χ0n) is 23.9. The van der Waals surface area contributed by atoms with E-state index < -0.39 is 35.4 Å². The number of alkyl halides is 3. The molecule has 2 aromatic heterocycles. The molecular formula is C36H24F4N4O2. The number of hydrogen-bond donors (Lipinski definition) is 2. The summed E-state index contributed by atoms with van der Waals surface area (Å²) < 4.78 is 52.7. The van der Waals surface area contributed by atoms with Gasteiger partial charge in [-0.25, -0.2) is 4.39 Å². The van der Waals surface area contributed by atoms with E-state index in [9.17, 15) is 27.2 Å². The molecule has 0 aliphatic rings. The molecule has 2 N–H and O–H groups in total. The molecule has 0 saturated heterocycles. The third-order valence-electron chi connectivity index (χ3n) is 7.36. The second-order valence-corrected chi connectivity index (χ2v) is 10.4. The second kappa shape index (κ2) is 12.6. The Morgan fingerprint density at radius 3 is 2.20 bits per heavy atom. The molecule has 6 rings (SSSR count). The van der Waals surface area contributed by atoms with Crippen molar-refractivity contribution in [3.63, 3.8) is 0 Å². The van der Waals surface area contributed by atoms with Crippen LogP contribution in [0.2, 0.25) is 0 Å². The minimum absolute atomic E-state index is 0.283. The molecule has 1 atom stereocenters. The first-order valence-electron chi connectivity index (χ1n) is 14.1. The highest BCUT2D eigenvalue weighted by molar-refractivity contribution is 6.09. The fraction of sp³-hybridized carbons (Fsp3) is 0.0556. The van der Waals surface area contributed by atoms with Gasteiger partial charge in [-0.05, 0) is 77.4 Å². The quantitative estimate of drug-likeness (QED) is 0.176. The van der Waals surface area contributed by atoms with E-state index in [-0.39, 0.29) is 11.1 Å². The minimum Gasteiger partial charge on any atom is -0.339 e. The molecule has 0 aliphatic heterocycles. The van der Waals surface area contributed by atoms with Crippen LogP contribution in [0, 0.1) is 5.82 Å².